The second-order valence-corrected chi connectivity index (χ2v) is 4.61. The molecule has 1 amide bonds. The van der Waals surface area contributed by atoms with Crippen molar-refractivity contribution in [2.75, 3.05) is 5.73 Å². The maximum absolute atomic E-state index is 12.2. The van der Waals surface area contributed by atoms with Gasteiger partial charge in [0.15, 0.2) is 5.69 Å². The van der Waals surface area contributed by atoms with Gasteiger partial charge in [-0.2, -0.15) is 10.2 Å². The third-order valence-corrected chi connectivity index (χ3v) is 3.15. The number of nitrogens with two attached hydrogens (primary N) is 1. The summed E-state index contributed by atoms with van der Waals surface area (Å²) in [5.41, 5.74) is 7.40. The van der Waals surface area contributed by atoms with Crippen molar-refractivity contribution in [3.8, 4) is 0 Å². The van der Waals surface area contributed by atoms with Crippen LogP contribution in [0.2, 0.25) is 0 Å². The molecule has 0 aliphatic heterocycles. The zero-order chi connectivity index (χ0) is 14.7. The highest BCUT2D eigenvalue weighted by Crippen LogP contribution is 2.14. The van der Waals surface area contributed by atoms with Crippen LogP contribution in [0.4, 0.5) is 5.69 Å². The Bertz CT molecular complexity index is 600. The average Bonchev–Trinajstić information content (AvgIpc) is 3.04. The quantitative estimate of drug-likeness (QED) is 0.858. The Morgan fingerprint density at radius 1 is 1.35 bits per heavy atom. The highest BCUT2D eigenvalue weighted by molar-refractivity contribution is 5.97. The number of hydrogen-bond acceptors (Lipinski definition) is 4. The number of rotatable bonds is 5. The second kappa shape index (κ2) is 5.77. The topological polar surface area (TPSA) is 90.8 Å². The Morgan fingerprint density at radius 2 is 2.05 bits per heavy atom. The standard InChI is InChI=1S/C13H20N6O/c1-4-18-7-10(6-15-18)9(3)16-13(20)12-11(14)8-19(5-2)17-12/h6-9H,4-5,14H2,1-3H3,(H,16,20). The van der Waals surface area contributed by atoms with E-state index in [9.17, 15) is 4.79 Å². The van der Waals surface area contributed by atoms with Gasteiger partial charge in [-0.1, -0.05) is 0 Å². The molecule has 0 radical (unpaired) electrons. The van der Waals surface area contributed by atoms with Gasteiger partial charge in [-0.15, -0.1) is 0 Å². The number of hydrogen-bond donors (Lipinski definition) is 2. The summed E-state index contributed by atoms with van der Waals surface area (Å²) in [4.78, 5) is 12.2. The number of nitrogens with one attached hydrogen (secondary N) is 1. The summed E-state index contributed by atoms with van der Waals surface area (Å²) >= 11 is 0. The maximum atomic E-state index is 12.2. The zero-order valence-electron chi connectivity index (χ0n) is 12.0. The van der Waals surface area contributed by atoms with Crippen molar-refractivity contribution in [3.63, 3.8) is 0 Å². The van der Waals surface area contributed by atoms with Gasteiger partial charge < -0.3 is 11.1 Å². The Morgan fingerprint density at radius 3 is 2.60 bits per heavy atom. The first-order valence-corrected chi connectivity index (χ1v) is 6.71. The van der Waals surface area contributed by atoms with Crippen LogP contribution in [0, 0.1) is 0 Å². The Kier molecular flexibility index (Phi) is 4.07. The molecule has 1 atom stereocenters. The van der Waals surface area contributed by atoms with E-state index in [0.717, 1.165) is 12.1 Å². The minimum Gasteiger partial charge on any atom is -0.396 e. The van der Waals surface area contributed by atoms with Crippen LogP contribution in [0.1, 0.15) is 42.9 Å². The van der Waals surface area contributed by atoms with Crippen LogP contribution in [0.5, 0.6) is 0 Å². The average molecular weight is 276 g/mol. The van der Waals surface area contributed by atoms with Crippen LogP contribution in [0.25, 0.3) is 0 Å². The van der Waals surface area contributed by atoms with Gasteiger partial charge in [0.1, 0.15) is 0 Å². The number of nitrogens with zero attached hydrogens (tertiary/aromatic N) is 4. The number of carbonyl (C=O) groups is 1. The lowest BCUT2D eigenvalue weighted by Crippen LogP contribution is -2.27. The molecule has 0 saturated heterocycles. The number of anilines is 1. The van der Waals surface area contributed by atoms with Crippen LogP contribution in [0.3, 0.4) is 0 Å². The normalized spacial score (nSPS) is 12.3. The van der Waals surface area contributed by atoms with Gasteiger partial charge in [-0.25, -0.2) is 0 Å². The maximum Gasteiger partial charge on any atom is 0.274 e. The lowest BCUT2D eigenvalue weighted by Gasteiger charge is -2.11. The fraction of sp³-hybridized carbons (Fsp3) is 0.462. The Labute approximate surface area is 117 Å². The molecule has 1 unspecified atom stereocenters. The molecule has 0 aromatic carbocycles. The molecule has 2 aromatic heterocycles. The van der Waals surface area contributed by atoms with Gasteiger partial charge in [0, 0.05) is 31.0 Å². The van der Waals surface area contributed by atoms with E-state index in [4.69, 9.17) is 5.73 Å². The molecule has 108 valence electrons. The predicted octanol–water partition coefficient (Wildman–Crippen LogP) is 1.19. The van der Waals surface area contributed by atoms with Crippen molar-refractivity contribution < 1.29 is 4.79 Å². The number of amides is 1. The lowest BCUT2D eigenvalue weighted by atomic mass is 10.2. The van der Waals surface area contributed by atoms with E-state index in [1.54, 1.807) is 17.1 Å². The van der Waals surface area contributed by atoms with E-state index in [1.165, 1.54) is 0 Å². The zero-order valence-corrected chi connectivity index (χ0v) is 12.0. The first-order chi connectivity index (χ1) is 9.55. The van der Waals surface area contributed by atoms with E-state index in [1.807, 2.05) is 31.6 Å². The van der Waals surface area contributed by atoms with Crippen molar-refractivity contribution in [3.05, 3.63) is 29.8 Å². The van der Waals surface area contributed by atoms with Crippen molar-refractivity contribution in [2.45, 2.75) is 39.9 Å². The number of aromatic nitrogens is 4. The van der Waals surface area contributed by atoms with Crippen molar-refractivity contribution in [1.82, 2.24) is 24.9 Å². The first kappa shape index (κ1) is 14.1. The van der Waals surface area contributed by atoms with Crippen LogP contribution in [-0.4, -0.2) is 25.5 Å². The molecular formula is C13H20N6O. The van der Waals surface area contributed by atoms with Crippen molar-refractivity contribution in [2.24, 2.45) is 0 Å². The molecule has 20 heavy (non-hydrogen) atoms. The molecule has 3 N–H and O–H groups in total. The van der Waals surface area contributed by atoms with Gasteiger partial charge in [-0.3, -0.25) is 14.2 Å². The molecule has 2 rings (SSSR count). The van der Waals surface area contributed by atoms with Crippen LogP contribution < -0.4 is 11.1 Å². The molecule has 0 saturated carbocycles. The fourth-order valence-electron chi connectivity index (χ4n) is 1.90. The second-order valence-electron chi connectivity index (χ2n) is 4.61. The number of nitrogen functional groups attached to an aromatic ring is 1. The summed E-state index contributed by atoms with van der Waals surface area (Å²) in [7, 11) is 0. The molecule has 0 aliphatic carbocycles. The van der Waals surface area contributed by atoms with E-state index < -0.39 is 0 Å². The number of carbonyl (C=O) groups excluding carboxylic acids is 1. The summed E-state index contributed by atoms with van der Waals surface area (Å²) in [6.07, 6.45) is 5.33. The minimum atomic E-state index is -0.272. The van der Waals surface area contributed by atoms with Gasteiger partial charge >= 0.3 is 0 Å². The molecule has 0 bridgehead atoms. The van der Waals surface area contributed by atoms with E-state index >= 15 is 0 Å². The summed E-state index contributed by atoms with van der Waals surface area (Å²) < 4.78 is 3.46. The third-order valence-electron chi connectivity index (χ3n) is 3.15. The highest BCUT2D eigenvalue weighted by atomic mass is 16.2. The molecule has 7 heteroatoms. The first-order valence-electron chi connectivity index (χ1n) is 6.71. The lowest BCUT2D eigenvalue weighted by molar-refractivity contribution is 0.0935. The highest BCUT2D eigenvalue weighted by Gasteiger charge is 2.18. The fourth-order valence-corrected chi connectivity index (χ4v) is 1.90. The summed E-state index contributed by atoms with van der Waals surface area (Å²) in [5.74, 6) is -0.272. The van der Waals surface area contributed by atoms with Gasteiger partial charge in [0.05, 0.1) is 17.9 Å². The molecular weight excluding hydrogens is 256 g/mol. The minimum absolute atomic E-state index is 0.144. The Hall–Kier alpha value is -2.31. The molecule has 2 heterocycles. The van der Waals surface area contributed by atoms with E-state index in [2.05, 4.69) is 15.5 Å². The Balaban J connectivity index is 2.08. The molecule has 7 nitrogen and oxygen atoms in total. The van der Waals surface area contributed by atoms with Gasteiger partial charge in [0.2, 0.25) is 0 Å². The van der Waals surface area contributed by atoms with Gasteiger partial charge in [0.25, 0.3) is 5.91 Å². The molecule has 0 fully saturated rings. The summed E-state index contributed by atoms with van der Waals surface area (Å²) in [6, 6.07) is -0.144. The smallest absolute Gasteiger partial charge is 0.274 e. The number of aryl methyl sites for hydroxylation is 2. The van der Waals surface area contributed by atoms with Crippen LogP contribution >= 0.6 is 0 Å². The molecule has 0 aliphatic rings. The molecule has 2 aromatic rings. The summed E-state index contributed by atoms with van der Waals surface area (Å²) in [5, 5.41) is 11.2. The van der Waals surface area contributed by atoms with Crippen LogP contribution in [-0.2, 0) is 13.1 Å². The monoisotopic (exact) mass is 276 g/mol. The third kappa shape index (κ3) is 2.81. The predicted molar refractivity (Wildman–Crippen MR) is 76.1 cm³/mol. The van der Waals surface area contributed by atoms with E-state index in [0.29, 0.717) is 12.2 Å². The van der Waals surface area contributed by atoms with Crippen molar-refractivity contribution in [1.29, 1.82) is 0 Å². The SMILES string of the molecule is CCn1cc(C(C)NC(=O)c2nn(CC)cc2N)cn1. The molecule has 0 spiro atoms. The largest absolute Gasteiger partial charge is 0.396 e. The van der Waals surface area contributed by atoms with E-state index in [-0.39, 0.29) is 17.6 Å². The van der Waals surface area contributed by atoms with Crippen LogP contribution in [0.15, 0.2) is 18.6 Å². The summed E-state index contributed by atoms with van der Waals surface area (Å²) in [6.45, 7) is 7.33. The van der Waals surface area contributed by atoms with Gasteiger partial charge in [-0.05, 0) is 20.8 Å². The van der Waals surface area contributed by atoms with Crippen molar-refractivity contribution >= 4 is 11.6 Å².